The number of imidazole rings is 1. The molecular weight excluding hydrogens is 302 g/mol. The van der Waals surface area contributed by atoms with E-state index in [1.807, 2.05) is 25.5 Å². The predicted octanol–water partition coefficient (Wildman–Crippen LogP) is 0.927. The molecule has 0 saturated heterocycles. The summed E-state index contributed by atoms with van der Waals surface area (Å²) in [6.45, 7) is 4.46. The molecule has 0 saturated carbocycles. The molecule has 0 aliphatic rings. The van der Waals surface area contributed by atoms with Crippen LogP contribution in [0, 0.1) is 6.92 Å². The highest BCUT2D eigenvalue weighted by Crippen LogP contribution is 2.25. The molecule has 112 valence electrons. The van der Waals surface area contributed by atoms with Crippen molar-refractivity contribution in [2.45, 2.75) is 25.8 Å². The first-order valence-electron chi connectivity index (χ1n) is 6.19. The number of hydrogen-bond acceptors (Lipinski definition) is 4. The van der Waals surface area contributed by atoms with Crippen LogP contribution >= 0.6 is 11.6 Å². The minimum Gasteiger partial charge on any atom is -0.310 e. The van der Waals surface area contributed by atoms with Crippen LogP contribution in [0.5, 0.6) is 0 Å². The van der Waals surface area contributed by atoms with Gasteiger partial charge in [0, 0.05) is 20.1 Å². The molecule has 0 aliphatic carbocycles. The van der Waals surface area contributed by atoms with Gasteiger partial charge in [0.05, 0.1) is 17.3 Å². The minimum atomic E-state index is -3.21. The average molecular weight is 320 g/mol. The number of fused-ring (bicyclic) bond motifs is 1. The van der Waals surface area contributed by atoms with Gasteiger partial charge in [0.2, 0.25) is 10.0 Å². The summed E-state index contributed by atoms with van der Waals surface area (Å²) in [5.41, 5.74) is 2.48. The molecule has 0 radical (unpaired) electrons. The third kappa shape index (κ3) is 2.97. The number of rotatable bonds is 5. The van der Waals surface area contributed by atoms with Gasteiger partial charge in [0.1, 0.15) is 11.3 Å². The van der Waals surface area contributed by atoms with E-state index >= 15 is 0 Å². The molecule has 0 spiro atoms. The van der Waals surface area contributed by atoms with E-state index in [1.54, 1.807) is 4.68 Å². The van der Waals surface area contributed by atoms with Crippen molar-refractivity contribution in [3.63, 3.8) is 0 Å². The smallest absolute Gasteiger partial charge is 0.208 e. The molecule has 0 fully saturated rings. The van der Waals surface area contributed by atoms with Crippen molar-refractivity contribution in [2.75, 3.05) is 12.8 Å². The van der Waals surface area contributed by atoms with Crippen molar-refractivity contribution in [2.24, 2.45) is 7.05 Å². The van der Waals surface area contributed by atoms with Crippen molar-refractivity contribution in [3.05, 3.63) is 11.5 Å². The van der Waals surface area contributed by atoms with Crippen LogP contribution in [0.4, 0.5) is 0 Å². The number of aryl methyl sites for hydroxylation is 2. The van der Waals surface area contributed by atoms with E-state index in [9.17, 15) is 8.42 Å². The Bertz CT molecular complexity index is 732. The van der Waals surface area contributed by atoms with Crippen LogP contribution in [0.15, 0.2) is 0 Å². The Morgan fingerprint density at radius 1 is 1.45 bits per heavy atom. The Hall–Kier alpha value is -1.12. The zero-order chi connectivity index (χ0) is 15.1. The maximum Gasteiger partial charge on any atom is 0.208 e. The van der Waals surface area contributed by atoms with E-state index in [2.05, 4.69) is 14.8 Å². The number of halogens is 1. The van der Waals surface area contributed by atoms with Gasteiger partial charge in [0.15, 0.2) is 5.65 Å². The van der Waals surface area contributed by atoms with Gasteiger partial charge in [-0.1, -0.05) is 0 Å². The second-order valence-electron chi connectivity index (χ2n) is 4.79. The average Bonchev–Trinajstić information content (AvgIpc) is 2.78. The van der Waals surface area contributed by atoms with E-state index < -0.39 is 10.0 Å². The maximum atomic E-state index is 11.1. The molecule has 1 atom stereocenters. The zero-order valence-corrected chi connectivity index (χ0v) is 13.5. The summed E-state index contributed by atoms with van der Waals surface area (Å²) in [4.78, 5) is 4.52. The minimum absolute atomic E-state index is 0.264. The molecule has 1 N–H and O–H groups in total. The lowest BCUT2D eigenvalue weighted by Gasteiger charge is -2.11. The molecular formula is C11H18ClN5O2S. The first-order valence-corrected chi connectivity index (χ1v) is 8.52. The van der Waals surface area contributed by atoms with Crippen molar-refractivity contribution in [3.8, 4) is 0 Å². The molecule has 7 nitrogen and oxygen atoms in total. The van der Waals surface area contributed by atoms with Gasteiger partial charge in [-0.3, -0.25) is 4.68 Å². The summed E-state index contributed by atoms with van der Waals surface area (Å²) < 4.78 is 28.4. The fourth-order valence-electron chi connectivity index (χ4n) is 2.22. The van der Waals surface area contributed by atoms with E-state index in [-0.39, 0.29) is 11.9 Å². The molecule has 0 aromatic carbocycles. The van der Waals surface area contributed by atoms with Gasteiger partial charge >= 0.3 is 0 Å². The molecule has 1 unspecified atom stereocenters. The molecule has 2 rings (SSSR count). The molecule has 9 heteroatoms. The van der Waals surface area contributed by atoms with Gasteiger partial charge in [-0.25, -0.2) is 18.1 Å². The summed E-state index contributed by atoms with van der Waals surface area (Å²) in [5.74, 6) is 0.716. The number of aromatic nitrogens is 4. The second-order valence-corrected chi connectivity index (χ2v) is 7.27. The largest absolute Gasteiger partial charge is 0.310 e. The van der Waals surface area contributed by atoms with Crippen molar-refractivity contribution in [1.29, 1.82) is 0 Å². The standard InChI is InChI=1S/C11H18ClN5O2S/c1-7(12)10-14-9-8(2)15-16(3)11(9)17(10)6-5-13-20(4,18)19/h7,13H,5-6H2,1-4H3. The molecule has 2 aromatic rings. The fourth-order valence-corrected chi connectivity index (χ4v) is 2.85. The van der Waals surface area contributed by atoms with Crippen LogP contribution in [0.25, 0.3) is 11.2 Å². The van der Waals surface area contributed by atoms with Gasteiger partial charge in [-0.05, 0) is 13.8 Å². The summed E-state index contributed by atoms with van der Waals surface area (Å²) in [6.07, 6.45) is 1.13. The highest BCUT2D eigenvalue weighted by atomic mass is 35.5. The van der Waals surface area contributed by atoms with Crippen LogP contribution in [0.3, 0.4) is 0 Å². The SMILES string of the molecule is Cc1nn(C)c2c1nc(C(C)Cl)n2CCNS(C)(=O)=O. The molecule has 0 amide bonds. The van der Waals surface area contributed by atoms with Crippen LogP contribution < -0.4 is 4.72 Å². The lowest BCUT2D eigenvalue weighted by molar-refractivity contribution is 0.574. The Balaban J connectivity index is 2.41. The van der Waals surface area contributed by atoms with E-state index in [1.165, 1.54) is 0 Å². The van der Waals surface area contributed by atoms with Gasteiger partial charge in [-0.15, -0.1) is 11.6 Å². The number of nitrogens with zero attached hydrogens (tertiary/aromatic N) is 4. The lowest BCUT2D eigenvalue weighted by atomic mass is 10.4. The first-order chi connectivity index (χ1) is 9.20. The van der Waals surface area contributed by atoms with Crippen molar-refractivity contribution >= 4 is 32.8 Å². The Morgan fingerprint density at radius 3 is 2.65 bits per heavy atom. The van der Waals surface area contributed by atoms with E-state index in [0.717, 1.165) is 23.1 Å². The van der Waals surface area contributed by atoms with Crippen molar-refractivity contribution < 1.29 is 8.42 Å². The highest BCUT2D eigenvalue weighted by Gasteiger charge is 2.20. The van der Waals surface area contributed by atoms with Crippen LogP contribution in [0.2, 0.25) is 0 Å². The normalized spacial score (nSPS) is 14.1. The van der Waals surface area contributed by atoms with Crippen LogP contribution in [-0.2, 0) is 23.6 Å². The van der Waals surface area contributed by atoms with Crippen LogP contribution in [-0.4, -0.2) is 40.5 Å². The number of alkyl halides is 1. The molecule has 2 heterocycles. The summed E-state index contributed by atoms with van der Waals surface area (Å²) >= 11 is 6.16. The zero-order valence-electron chi connectivity index (χ0n) is 11.9. The number of hydrogen-bond donors (Lipinski definition) is 1. The third-order valence-corrected chi connectivity index (χ3v) is 3.90. The summed E-state index contributed by atoms with van der Waals surface area (Å²) in [6, 6.07) is 0. The monoisotopic (exact) mass is 319 g/mol. The number of nitrogens with one attached hydrogen (secondary N) is 1. The van der Waals surface area contributed by atoms with Gasteiger partial charge < -0.3 is 4.57 Å². The molecule has 20 heavy (non-hydrogen) atoms. The number of sulfonamides is 1. The van der Waals surface area contributed by atoms with E-state index in [4.69, 9.17) is 11.6 Å². The van der Waals surface area contributed by atoms with Crippen LogP contribution in [0.1, 0.15) is 23.8 Å². The Morgan fingerprint density at radius 2 is 2.10 bits per heavy atom. The van der Waals surface area contributed by atoms with Gasteiger partial charge in [-0.2, -0.15) is 5.10 Å². The summed E-state index contributed by atoms with van der Waals surface area (Å²) in [7, 11) is -1.37. The highest BCUT2D eigenvalue weighted by molar-refractivity contribution is 7.88. The second kappa shape index (κ2) is 5.34. The Kier molecular flexibility index (Phi) is 4.08. The predicted molar refractivity (Wildman–Crippen MR) is 78.4 cm³/mol. The quantitative estimate of drug-likeness (QED) is 0.831. The lowest BCUT2D eigenvalue weighted by Crippen LogP contribution is -2.26. The third-order valence-electron chi connectivity index (χ3n) is 2.98. The topological polar surface area (TPSA) is 81.8 Å². The molecule has 2 aromatic heterocycles. The van der Waals surface area contributed by atoms with E-state index in [0.29, 0.717) is 12.4 Å². The maximum absolute atomic E-state index is 11.1. The summed E-state index contributed by atoms with van der Waals surface area (Å²) in [5, 5.41) is 4.06. The first kappa shape index (κ1) is 15.3. The van der Waals surface area contributed by atoms with Crippen molar-refractivity contribution in [1.82, 2.24) is 24.1 Å². The van der Waals surface area contributed by atoms with Gasteiger partial charge in [0.25, 0.3) is 0 Å². The molecule has 0 bridgehead atoms. The fraction of sp³-hybridized carbons (Fsp3) is 0.636. The Labute approximate surface area is 123 Å². The molecule has 0 aliphatic heterocycles.